The third kappa shape index (κ3) is 3.19. The summed E-state index contributed by atoms with van der Waals surface area (Å²) in [7, 11) is 0. The van der Waals surface area contributed by atoms with Crippen LogP contribution in [-0.2, 0) is 0 Å². The number of hydrogen-bond acceptors (Lipinski definition) is 4. The van der Waals surface area contributed by atoms with Gasteiger partial charge in [-0.3, -0.25) is 9.78 Å². The predicted octanol–water partition coefficient (Wildman–Crippen LogP) is 2.97. The summed E-state index contributed by atoms with van der Waals surface area (Å²) in [6.07, 6.45) is 3.03. The molecule has 20 heavy (non-hydrogen) atoms. The molecule has 0 bridgehead atoms. The van der Waals surface area contributed by atoms with Crippen molar-refractivity contribution in [1.29, 1.82) is 0 Å². The molecule has 0 spiro atoms. The zero-order valence-corrected chi connectivity index (χ0v) is 11.6. The summed E-state index contributed by atoms with van der Waals surface area (Å²) in [5, 5.41) is 3.10. The van der Waals surface area contributed by atoms with Crippen LogP contribution in [0.1, 0.15) is 17.3 Å². The minimum Gasteiger partial charge on any atom is -0.492 e. The van der Waals surface area contributed by atoms with Crippen molar-refractivity contribution in [1.82, 2.24) is 4.98 Å². The first-order chi connectivity index (χ1) is 9.61. The van der Waals surface area contributed by atoms with Gasteiger partial charge in [-0.2, -0.15) is 0 Å². The van der Waals surface area contributed by atoms with E-state index in [4.69, 9.17) is 22.1 Å². The van der Waals surface area contributed by atoms with E-state index in [2.05, 4.69) is 10.3 Å². The first-order valence-electron chi connectivity index (χ1n) is 6.05. The van der Waals surface area contributed by atoms with Crippen LogP contribution >= 0.6 is 11.6 Å². The van der Waals surface area contributed by atoms with Gasteiger partial charge in [0.2, 0.25) is 0 Å². The summed E-state index contributed by atoms with van der Waals surface area (Å²) >= 11 is 5.95. The molecule has 0 radical (unpaired) electrons. The van der Waals surface area contributed by atoms with Gasteiger partial charge >= 0.3 is 0 Å². The first kappa shape index (κ1) is 14.1. The Hall–Kier alpha value is -2.27. The predicted molar refractivity (Wildman–Crippen MR) is 79.2 cm³/mol. The van der Waals surface area contributed by atoms with Gasteiger partial charge in [0.15, 0.2) is 0 Å². The maximum atomic E-state index is 12.1. The lowest BCUT2D eigenvalue weighted by Crippen LogP contribution is -2.13. The largest absolute Gasteiger partial charge is 0.492 e. The zero-order valence-electron chi connectivity index (χ0n) is 10.9. The minimum atomic E-state index is -0.311. The number of anilines is 2. The highest BCUT2D eigenvalue weighted by Gasteiger charge is 2.10. The fourth-order valence-electron chi connectivity index (χ4n) is 1.64. The number of nitrogens with one attached hydrogen (secondary N) is 1. The molecule has 0 aliphatic rings. The molecular formula is C14H14ClN3O2. The molecule has 6 heteroatoms. The second kappa shape index (κ2) is 6.25. The molecule has 0 atom stereocenters. The summed E-state index contributed by atoms with van der Waals surface area (Å²) in [6.45, 7) is 2.38. The second-order valence-electron chi connectivity index (χ2n) is 4.00. The summed E-state index contributed by atoms with van der Waals surface area (Å²) in [6, 6.07) is 6.47. The van der Waals surface area contributed by atoms with Gasteiger partial charge in [0, 0.05) is 11.8 Å². The molecule has 2 aromatic rings. The van der Waals surface area contributed by atoms with Crippen LogP contribution < -0.4 is 15.8 Å². The fourth-order valence-corrected chi connectivity index (χ4v) is 1.79. The fraction of sp³-hybridized carbons (Fsp3) is 0.143. The van der Waals surface area contributed by atoms with E-state index in [-0.39, 0.29) is 5.91 Å². The maximum Gasteiger partial charge on any atom is 0.255 e. The van der Waals surface area contributed by atoms with Crippen LogP contribution in [0.25, 0.3) is 0 Å². The van der Waals surface area contributed by atoms with Crippen LogP contribution in [-0.4, -0.2) is 17.5 Å². The molecule has 0 saturated heterocycles. The van der Waals surface area contributed by atoms with Crippen molar-refractivity contribution in [3.63, 3.8) is 0 Å². The Balaban J connectivity index is 2.18. The van der Waals surface area contributed by atoms with Gasteiger partial charge in [-0.1, -0.05) is 11.6 Å². The lowest BCUT2D eigenvalue weighted by Gasteiger charge is -2.10. The Kier molecular flexibility index (Phi) is 4.42. The molecule has 1 aromatic carbocycles. The average Bonchev–Trinajstić information content (AvgIpc) is 2.43. The summed E-state index contributed by atoms with van der Waals surface area (Å²) < 4.78 is 5.32. The van der Waals surface area contributed by atoms with Crippen molar-refractivity contribution in [3.8, 4) is 5.75 Å². The zero-order chi connectivity index (χ0) is 14.5. The van der Waals surface area contributed by atoms with Crippen molar-refractivity contribution < 1.29 is 9.53 Å². The van der Waals surface area contributed by atoms with Crippen LogP contribution in [0.5, 0.6) is 5.75 Å². The Bertz CT molecular complexity index is 632. The number of amides is 1. The number of carbonyl (C=O) groups is 1. The highest BCUT2D eigenvalue weighted by Crippen LogP contribution is 2.24. The van der Waals surface area contributed by atoms with Crippen LogP contribution in [0.15, 0.2) is 36.7 Å². The molecule has 3 N–H and O–H groups in total. The number of benzene rings is 1. The number of nitrogen functional groups attached to an aromatic ring is 1. The van der Waals surface area contributed by atoms with E-state index >= 15 is 0 Å². The molecule has 0 saturated carbocycles. The van der Waals surface area contributed by atoms with Crippen molar-refractivity contribution in [2.24, 2.45) is 0 Å². The normalized spacial score (nSPS) is 10.1. The van der Waals surface area contributed by atoms with Gasteiger partial charge in [0.1, 0.15) is 5.75 Å². The van der Waals surface area contributed by atoms with Crippen molar-refractivity contribution in [2.45, 2.75) is 6.92 Å². The van der Waals surface area contributed by atoms with Crippen molar-refractivity contribution >= 4 is 28.9 Å². The van der Waals surface area contributed by atoms with Crippen LogP contribution in [0.3, 0.4) is 0 Å². The van der Waals surface area contributed by atoms with Crippen LogP contribution in [0, 0.1) is 0 Å². The Morgan fingerprint density at radius 2 is 2.25 bits per heavy atom. The van der Waals surface area contributed by atoms with E-state index in [1.54, 1.807) is 30.5 Å². The standard InChI is InChI=1S/C14H14ClN3O2/c1-2-20-13-4-3-9(7-11(13)16)14(19)18-12-8-17-6-5-10(12)15/h3-8H,2,16H2,1H3,(H,18,19). The molecule has 0 aliphatic carbocycles. The number of nitrogens with zero attached hydrogens (tertiary/aromatic N) is 1. The monoisotopic (exact) mass is 291 g/mol. The lowest BCUT2D eigenvalue weighted by molar-refractivity contribution is 0.102. The van der Waals surface area contributed by atoms with Crippen molar-refractivity contribution in [2.75, 3.05) is 17.7 Å². The topological polar surface area (TPSA) is 77.2 Å². The van der Waals surface area contributed by atoms with Crippen molar-refractivity contribution in [3.05, 3.63) is 47.2 Å². The van der Waals surface area contributed by atoms with Crippen LogP contribution in [0.4, 0.5) is 11.4 Å². The highest BCUT2D eigenvalue weighted by molar-refractivity contribution is 6.33. The number of halogens is 1. The molecule has 1 aromatic heterocycles. The van der Waals surface area contributed by atoms with Gasteiger partial charge in [-0.15, -0.1) is 0 Å². The Labute approximate surface area is 121 Å². The number of rotatable bonds is 4. The van der Waals surface area contributed by atoms with E-state index in [9.17, 15) is 4.79 Å². The molecule has 0 fully saturated rings. The van der Waals surface area contributed by atoms with Crippen LogP contribution in [0.2, 0.25) is 5.02 Å². The first-order valence-corrected chi connectivity index (χ1v) is 6.42. The number of ether oxygens (including phenoxy) is 1. The number of nitrogens with two attached hydrogens (primary N) is 1. The SMILES string of the molecule is CCOc1ccc(C(=O)Nc2cnccc2Cl)cc1N. The Morgan fingerprint density at radius 3 is 2.90 bits per heavy atom. The van der Waals surface area contributed by atoms with E-state index in [0.29, 0.717) is 34.3 Å². The van der Waals surface area contributed by atoms with E-state index < -0.39 is 0 Å². The number of aromatic nitrogens is 1. The van der Waals surface area contributed by atoms with E-state index in [1.807, 2.05) is 6.92 Å². The molecular weight excluding hydrogens is 278 g/mol. The maximum absolute atomic E-state index is 12.1. The highest BCUT2D eigenvalue weighted by atomic mass is 35.5. The molecule has 1 heterocycles. The van der Waals surface area contributed by atoms with Gasteiger partial charge in [-0.25, -0.2) is 0 Å². The smallest absolute Gasteiger partial charge is 0.255 e. The third-order valence-corrected chi connectivity index (χ3v) is 2.92. The molecule has 0 unspecified atom stereocenters. The molecule has 5 nitrogen and oxygen atoms in total. The summed E-state index contributed by atoms with van der Waals surface area (Å²) in [5.41, 5.74) is 7.11. The minimum absolute atomic E-state index is 0.311. The average molecular weight is 292 g/mol. The van der Waals surface area contributed by atoms with Gasteiger partial charge in [0.25, 0.3) is 5.91 Å². The third-order valence-electron chi connectivity index (χ3n) is 2.59. The number of carbonyl (C=O) groups excluding carboxylic acids is 1. The van der Waals surface area contributed by atoms with Gasteiger partial charge < -0.3 is 15.8 Å². The Morgan fingerprint density at radius 1 is 1.45 bits per heavy atom. The van der Waals surface area contributed by atoms with E-state index in [1.165, 1.54) is 6.20 Å². The van der Waals surface area contributed by atoms with Gasteiger partial charge in [0.05, 0.1) is 29.2 Å². The lowest BCUT2D eigenvalue weighted by atomic mass is 10.1. The molecule has 2 rings (SSSR count). The number of pyridine rings is 1. The number of hydrogen-bond donors (Lipinski definition) is 2. The summed E-state index contributed by atoms with van der Waals surface area (Å²) in [5.74, 6) is 0.248. The van der Waals surface area contributed by atoms with Gasteiger partial charge in [-0.05, 0) is 31.2 Å². The molecule has 0 aliphatic heterocycles. The van der Waals surface area contributed by atoms with E-state index in [0.717, 1.165) is 0 Å². The second-order valence-corrected chi connectivity index (χ2v) is 4.40. The summed E-state index contributed by atoms with van der Waals surface area (Å²) in [4.78, 5) is 16.0. The quantitative estimate of drug-likeness (QED) is 0.849. The molecule has 1 amide bonds. The molecule has 104 valence electrons.